The highest BCUT2D eigenvalue weighted by atomic mass is 32.2. The van der Waals surface area contributed by atoms with E-state index in [0.29, 0.717) is 0 Å². The van der Waals surface area contributed by atoms with Crippen LogP contribution in [0.3, 0.4) is 0 Å². The van der Waals surface area contributed by atoms with Gasteiger partial charge in [-0.3, -0.25) is 0 Å². The second kappa shape index (κ2) is 4.29. The summed E-state index contributed by atoms with van der Waals surface area (Å²) in [5.41, 5.74) is -1.79. The quantitative estimate of drug-likeness (QED) is 0.339. The van der Waals surface area contributed by atoms with Crippen molar-refractivity contribution >= 4 is 10.0 Å². The predicted octanol–water partition coefficient (Wildman–Crippen LogP) is -3.93. The molecular formula is C6H13NO7S. The molecular weight excluding hydrogens is 230 g/mol. The van der Waals surface area contributed by atoms with Crippen LogP contribution in [0.2, 0.25) is 0 Å². The Bertz CT molecular complexity index is 317. The van der Waals surface area contributed by atoms with Crippen molar-refractivity contribution in [2.24, 2.45) is 5.14 Å². The largest absolute Gasteiger partial charge is 0.394 e. The van der Waals surface area contributed by atoms with Gasteiger partial charge in [0.15, 0.2) is 0 Å². The first-order valence-electron chi connectivity index (χ1n) is 4.11. The number of primary sulfonamides is 1. The van der Waals surface area contributed by atoms with Crippen LogP contribution in [0.15, 0.2) is 0 Å². The topological polar surface area (TPSA) is 150 Å². The summed E-state index contributed by atoms with van der Waals surface area (Å²) in [6.45, 7) is -0.730. The molecule has 0 bridgehead atoms. The van der Waals surface area contributed by atoms with E-state index in [-0.39, 0.29) is 0 Å². The highest BCUT2D eigenvalue weighted by Gasteiger charge is 2.50. The molecule has 1 unspecified atom stereocenters. The maximum Gasteiger partial charge on any atom is 0.239 e. The van der Waals surface area contributed by atoms with Crippen LogP contribution in [0, 0.1) is 0 Å². The lowest BCUT2D eigenvalue weighted by molar-refractivity contribution is -0.0720. The van der Waals surface area contributed by atoms with E-state index in [9.17, 15) is 18.6 Å². The summed E-state index contributed by atoms with van der Waals surface area (Å²) >= 11 is 0. The monoisotopic (exact) mass is 243 g/mol. The lowest BCUT2D eigenvalue weighted by Crippen LogP contribution is -2.41. The van der Waals surface area contributed by atoms with Gasteiger partial charge in [-0.05, 0) is 0 Å². The first-order chi connectivity index (χ1) is 6.79. The molecule has 0 aromatic rings. The van der Waals surface area contributed by atoms with Gasteiger partial charge < -0.3 is 25.2 Å². The molecule has 8 nitrogen and oxygen atoms in total. The molecule has 0 radical (unpaired) electrons. The van der Waals surface area contributed by atoms with E-state index in [1.54, 1.807) is 0 Å². The number of hydrogen-bond donors (Lipinski definition) is 5. The molecule has 0 spiro atoms. The van der Waals surface area contributed by atoms with Gasteiger partial charge in [0, 0.05) is 0 Å². The third kappa shape index (κ3) is 2.45. The Kier molecular flexibility index (Phi) is 3.66. The summed E-state index contributed by atoms with van der Waals surface area (Å²) < 4.78 is 26.4. The molecule has 1 fully saturated rings. The van der Waals surface area contributed by atoms with Crippen LogP contribution in [0.5, 0.6) is 0 Å². The molecule has 1 aliphatic heterocycles. The number of hydrogen-bond acceptors (Lipinski definition) is 7. The fourth-order valence-electron chi connectivity index (χ4n) is 1.37. The Labute approximate surface area is 85.9 Å². The lowest BCUT2D eigenvalue weighted by atomic mass is 10.1. The average Bonchev–Trinajstić information content (AvgIpc) is 2.42. The molecule has 0 aromatic carbocycles. The first-order valence-corrected chi connectivity index (χ1v) is 5.72. The molecule has 1 aliphatic rings. The Balaban J connectivity index is 2.85. The minimum Gasteiger partial charge on any atom is -0.394 e. The first kappa shape index (κ1) is 12.8. The van der Waals surface area contributed by atoms with E-state index in [4.69, 9.17) is 15.4 Å². The van der Waals surface area contributed by atoms with E-state index in [1.807, 2.05) is 0 Å². The number of rotatable bonds is 3. The molecule has 0 aromatic heterocycles. The number of sulfonamides is 1. The van der Waals surface area contributed by atoms with Crippen LogP contribution in [0.4, 0.5) is 0 Å². The van der Waals surface area contributed by atoms with E-state index < -0.39 is 46.5 Å². The maximum atomic E-state index is 10.9. The number of ether oxygens (including phenoxy) is 1. The molecule has 5 atom stereocenters. The van der Waals surface area contributed by atoms with Crippen LogP contribution < -0.4 is 5.14 Å². The molecule has 90 valence electrons. The Morgan fingerprint density at radius 1 is 1.33 bits per heavy atom. The molecule has 0 saturated carbocycles. The third-order valence-electron chi connectivity index (χ3n) is 2.15. The Morgan fingerprint density at radius 3 is 2.20 bits per heavy atom. The Hall–Kier alpha value is -0.290. The number of aliphatic hydroxyl groups excluding tert-OH is 4. The van der Waals surface area contributed by atoms with E-state index in [1.165, 1.54) is 0 Å². The zero-order valence-electron chi connectivity index (χ0n) is 7.59. The second-order valence-corrected chi connectivity index (χ2v) is 4.93. The molecule has 0 amide bonds. The highest BCUT2D eigenvalue weighted by molar-refractivity contribution is 7.89. The summed E-state index contributed by atoms with van der Waals surface area (Å²) in [5.74, 6) is 0. The summed E-state index contributed by atoms with van der Waals surface area (Å²) in [4.78, 5) is 0. The molecule has 6 N–H and O–H groups in total. The van der Waals surface area contributed by atoms with Crippen molar-refractivity contribution in [3.63, 3.8) is 0 Å². The standard InChI is InChI=1S/C6H13NO7S/c7-15(12,13)6-4(11)3(10)5(14-6)2(9)1-8/h2-6,8-11H,1H2,(H2,7,12,13)/t2-,3-,4-,5-,6?/m1/s1. The van der Waals surface area contributed by atoms with Crippen LogP contribution in [-0.2, 0) is 14.8 Å². The van der Waals surface area contributed by atoms with Gasteiger partial charge in [-0.2, -0.15) is 0 Å². The summed E-state index contributed by atoms with van der Waals surface area (Å²) in [6.07, 6.45) is -6.23. The molecule has 15 heavy (non-hydrogen) atoms. The SMILES string of the molecule is NS(=O)(=O)C1O[C@H]([C@H](O)CO)[C@H](O)[C@H]1O. The van der Waals surface area contributed by atoms with Gasteiger partial charge in [0.2, 0.25) is 15.5 Å². The zero-order valence-corrected chi connectivity index (χ0v) is 8.41. The second-order valence-electron chi connectivity index (χ2n) is 3.29. The molecule has 0 aliphatic carbocycles. The zero-order chi connectivity index (χ0) is 11.8. The molecule has 1 saturated heterocycles. The van der Waals surface area contributed by atoms with Gasteiger partial charge in [0.05, 0.1) is 6.61 Å². The van der Waals surface area contributed by atoms with Gasteiger partial charge in [-0.15, -0.1) is 0 Å². The minimum atomic E-state index is -4.18. The summed E-state index contributed by atoms with van der Waals surface area (Å²) in [6, 6.07) is 0. The van der Waals surface area contributed by atoms with E-state index >= 15 is 0 Å². The fraction of sp³-hybridized carbons (Fsp3) is 1.00. The van der Waals surface area contributed by atoms with Crippen molar-refractivity contribution in [1.82, 2.24) is 0 Å². The smallest absolute Gasteiger partial charge is 0.239 e. The predicted molar refractivity (Wildman–Crippen MR) is 46.9 cm³/mol. The third-order valence-corrected chi connectivity index (χ3v) is 3.18. The van der Waals surface area contributed by atoms with Crippen molar-refractivity contribution in [1.29, 1.82) is 0 Å². The molecule has 1 heterocycles. The van der Waals surface area contributed by atoms with E-state index in [0.717, 1.165) is 0 Å². The normalized spacial score (nSPS) is 39.3. The van der Waals surface area contributed by atoms with Gasteiger partial charge in [-0.25, -0.2) is 13.6 Å². The van der Waals surface area contributed by atoms with Crippen molar-refractivity contribution in [3.8, 4) is 0 Å². The average molecular weight is 243 g/mol. The number of nitrogens with two attached hydrogens (primary N) is 1. The maximum absolute atomic E-state index is 10.9. The van der Waals surface area contributed by atoms with Gasteiger partial charge in [0.1, 0.15) is 24.4 Å². The highest BCUT2D eigenvalue weighted by Crippen LogP contribution is 2.25. The summed E-state index contributed by atoms with van der Waals surface area (Å²) in [7, 11) is -4.18. The van der Waals surface area contributed by atoms with Crippen LogP contribution >= 0.6 is 0 Å². The lowest BCUT2D eigenvalue weighted by Gasteiger charge is -2.18. The minimum absolute atomic E-state index is 0.730. The van der Waals surface area contributed by atoms with Crippen molar-refractivity contribution in [2.45, 2.75) is 29.9 Å². The number of aliphatic hydroxyl groups is 4. The van der Waals surface area contributed by atoms with Crippen molar-refractivity contribution in [3.05, 3.63) is 0 Å². The van der Waals surface area contributed by atoms with Crippen molar-refractivity contribution in [2.75, 3.05) is 6.61 Å². The van der Waals surface area contributed by atoms with Gasteiger partial charge in [0.25, 0.3) is 0 Å². The van der Waals surface area contributed by atoms with Crippen molar-refractivity contribution < 1.29 is 33.6 Å². The van der Waals surface area contributed by atoms with Crippen LogP contribution in [0.25, 0.3) is 0 Å². The molecule has 1 rings (SSSR count). The molecule has 9 heteroatoms. The fourth-order valence-corrected chi connectivity index (χ4v) is 2.20. The summed E-state index contributed by atoms with van der Waals surface area (Å²) in [5, 5.41) is 41.1. The van der Waals surface area contributed by atoms with Gasteiger partial charge in [-0.1, -0.05) is 0 Å². The Morgan fingerprint density at radius 2 is 1.87 bits per heavy atom. The van der Waals surface area contributed by atoms with Crippen LogP contribution in [0.1, 0.15) is 0 Å². The van der Waals surface area contributed by atoms with Gasteiger partial charge >= 0.3 is 0 Å². The van der Waals surface area contributed by atoms with Crippen LogP contribution in [-0.4, -0.2) is 65.3 Å². The van der Waals surface area contributed by atoms with E-state index in [2.05, 4.69) is 4.74 Å².